The summed E-state index contributed by atoms with van der Waals surface area (Å²) in [5.41, 5.74) is 5.70. The molecule has 9 heteroatoms. The fourth-order valence-corrected chi connectivity index (χ4v) is 3.70. The Morgan fingerprint density at radius 3 is 2.63 bits per heavy atom. The van der Waals surface area contributed by atoms with Gasteiger partial charge in [0.05, 0.1) is 6.54 Å². The SMILES string of the molecule is CC(C)(C)OC(=O)N(CCN=C(N)N1CCN(c2nccs2)CC1)C1CC1. The molecular formula is C18H30N6O2S. The zero-order valence-corrected chi connectivity index (χ0v) is 17.2. The number of hydrogen-bond acceptors (Lipinski definition) is 6. The molecule has 0 radical (unpaired) electrons. The van der Waals surface area contributed by atoms with E-state index in [0.717, 1.165) is 44.2 Å². The topological polar surface area (TPSA) is 87.3 Å². The van der Waals surface area contributed by atoms with Crippen molar-refractivity contribution in [3.63, 3.8) is 0 Å². The summed E-state index contributed by atoms with van der Waals surface area (Å²) >= 11 is 1.66. The van der Waals surface area contributed by atoms with Gasteiger partial charge in [-0.15, -0.1) is 11.3 Å². The number of carbonyl (C=O) groups is 1. The number of nitrogens with zero attached hydrogens (tertiary/aromatic N) is 5. The number of thiazole rings is 1. The summed E-state index contributed by atoms with van der Waals surface area (Å²) in [6.45, 7) is 10.1. The third-order valence-corrected chi connectivity index (χ3v) is 5.36. The minimum atomic E-state index is -0.483. The molecule has 1 aliphatic carbocycles. The number of ether oxygens (including phenoxy) is 1. The second-order valence-electron chi connectivity index (χ2n) is 7.93. The van der Waals surface area contributed by atoms with Crippen molar-refractivity contribution in [2.24, 2.45) is 10.7 Å². The molecule has 3 rings (SSSR count). The molecular weight excluding hydrogens is 364 g/mol. The van der Waals surface area contributed by atoms with Crippen LogP contribution in [0.2, 0.25) is 0 Å². The summed E-state index contributed by atoms with van der Waals surface area (Å²) in [4.78, 5) is 27.4. The molecule has 27 heavy (non-hydrogen) atoms. The second kappa shape index (κ2) is 8.33. The van der Waals surface area contributed by atoms with Gasteiger partial charge in [0.2, 0.25) is 0 Å². The van der Waals surface area contributed by atoms with Crippen LogP contribution in [0.15, 0.2) is 16.6 Å². The number of guanidine groups is 1. The van der Waals surface area contributed by atoms with Crippen molar-refractivity contribution in [2.45, 2.75) is 45.3 Å². The first-order valence-electron chi connectivity index (χ1n) is 9.52. The highest BCUT2D eigenvalue weighted by Gasteiger charge is 2.34. The van der Waals surface area contributed by atoms with Gasteiger partial charge in [0.25, 0.3) is 0 Å². The van der Waals surface area contributed by atoms with E-state index in [1.54, 1.807) is 16.2 Å². The van der Waals surface area contributed by atoms with E-state index >= 15 is 0 Å². The Hall–Kier alpha value is -2.03. The summed E-state index contributed by atoms with van der Waals surface area (Å²) in [7, 11) is 0. The number of aliphatic imine (C=N–C) groups is 1. The normalized spacial score (nSPS) is 18.6. The minimum absolute atomic E-state index is 0.254. The molecule has 1 saturated carbocycles. The molecule has 0 unspecified atom stereocenters. The third-order valence-electron chi connectivity index (χ3n) is 4.52. The highest BCUT2D eigenvalue weighted by atomic mass is 32.1. The molecule has 2 N–H and O–H groups in total. The Balaban J connectivity index is 1.46. The van der Waals surface area contributed by atoms with Gasteiger partial charge in [-0.2, -0.15) is 0 Å². The first kappa shape index (κ1) is 19.7. The number of rotatable bonds is 5. The molecule has 0 spiro atoms. The molecule has 0 bridgehead atoms. The van der Waals surface area contributed by atoms with Crippen LogP contribution in [0.25, 0.3) is 0 Å². The molecule has 2 heterocycles. The Labute approximate surface area is 165 Å². The lowest BCUT2D eigenvalue weighted by molar-refractivity contribution is 0.0240. The molecule has 0 aromatic carbocycles. The van der Waals surface area contributed by atoms with Gasteiger partial charge in [0.1, 0.15) is 5.60 Å². The largest absolute Gasteiger partial charge is 0.444 e. The van der Waals surface area contributed by atoms with Crippen LogP contribution >= 0.6 is 11.3 Å². The van der Waals surface area contributed by atoms with Crippen LogP contribution in [0.4, 0.5) is 9.93 Å². The fourth-order valence-electron chi connectivity index (χ4n) is 3.00. The van der Waals surface area contributed by atoms with E-state index < -0.39 is 5.60 Å². The fraction of sp³-hybridized carbons (Fsp3) is 0.722. The highest BCUT2D eigenvalue weighted by Crippen LogP contribution is 2.28. The summed E-state index contributed by atoms with van der Waals surface area (Å²) < 4.78 is 5.51. The number of carbonyl (C=O) groups excluding carboxylic acids is 1. The lowest BCUT2D eigenvalue weighted by Crippen LogP contribution is -2.51. The lowest BCUT2D eigenvalue weighted by Gasteiger charge is -2.35. The number of aromatic nitrogens is 1. The quantitative estimate of drug-likeness (QED) is 0.607. The summed E-state index contributed by atoms with van der Waals surface area (Å²) in [5.74, 6) is 0.550. The predicted octanol–water partition coefficient (Wildman–Crippen LogP) is 1.98. The molecule has 150 valence electrons. The van der Waals surface area contributed by atoms with Crippen molar-refractivity contribution < 1.29 is 9.53 Å². The third kappa shape index (κ3) is 5.72. The van der Waals surface area contributed by atoms with Gasteiger partial charge in [-0.1, -0.05) is 0 Å². The van der Waals surface area contributed by atoms with E-state index in [2.05, 4.69) is 19.8 Å². The summed E-state index contributed by atoms with van der Waals surface area (Å²) in [5, 5.41) is 3.05. The van der Waals surface area contributed by atoms with E-state index in [-0.39, 0.29) is 12.1 Å². The van der Waals surface area contributed by atoms with Crippen LogP contribution in [-0.4, -0.2) is 77.7 Å². The average Bonchev–Trinajstić information content (AvgIpc) is 3.29. The van der Waals surface area contributed by atoms with Crippen molar-refractivity contribution in [1.82, 2.24) is 14.8 Å². The first-order chi connectivity index (χ1) is 12.8. The monoisotopic (exact) mass is 394 g/mol. The molecule has 1 aromatic heterocycles. The maximum atomic E-state index is 12.4. The highest BCUT2D eigenvalue weighted by molar-refractivity contribution is 7.13. The number of piperazine rings is 1. The van der Waals surface area contributed by atoms with Gasteiger partial charge >= 0.3 is 6.09 Å². The van der Waals surface area contributed by atoms with Crippen molar-refractivity contribution in [1.29, 1.82) is 0 Å². The number of anilines is 1. The second-order valence-corrected chi connectivity index (χ2v) is 8.81. The first-order valence-corrected chi connectivity index (χ1v) is 10.4. The lowest BCUT2D eigenvalue weighted by atomic mass is 10.2. The zero-order chi connectivity index (χ0) is 19.4. The van der Waals surface area contributed by atoms with Crippen LogP contribution in [0.3, 0.4) is 0 Å². The van der Waals surface area contributed by atoms with Crippen LogP contribution in [0.5, 0.6) is 0 Å². The minimum Gasteiger partial charge on any atom is -0.444 e. The van der Waals surface area contributed by atoms with Gasteiger partial charge in [-0.25, -0.2) is 9.78 Å². The maximum absolute atomic E-state index is 12.4. The number of nitrogens with two attached hydrogens (primary N) is 1. The van der Waals surface area contributed by atoms with Gasteiger partial charge < -0.3 is 25.2 Å². The van der Waals surface area contributed by atoms with E-state index in [1.807, 2.05) is 32.3 Å². The molecule has 1 aliphatic heterocycles. The molecule has 1 amide bonds. The molecule has 8 nitrogen and oxygen atoms in total. The molecule has 2 aliphatic rings. The van der Waals surface area contributed by atoms with Crippen molar-refractivity contribution in [3.05, 3.63) is 11.6 Å². The predicted molar refractivity (Wildman–Crippen MR) is 108 cm³/mol. The molecule has 1 aromatic rings. The Morgan fingerprint density at radius 2 is 2.07 bits per heavy atom. The zero-order valence-electron chi connectivity index (χ0n) is 16.4. The van der Waals surface area contributed by atoms with E-state index in [1.165, 1.54) is 0 Å². The van der Waals surface area contributed by atoms with Gasteiger partial charge in [0, 0.05) is 50.3 Å². The van der Waals surface area contributed by atoms with E-state index in [4.69, 9.17) is 10.5 Å². The summed E-state index contributed by atoms with van der Waals surface area (Å²) in [6, 6.07) is 0.290. The number of amides is 1. The molecule has 0 atom stereocenters. The van der Waals surface area contributed by atoms with Gasteiger partial charge in [-0.05, 0) is 33.6 Å². The number of hydrogen-bond donors (Lipinski definition) is 1. The van der Waals surface area contributed by atoms with Crippen LogP contribution in [0, 0.1) is 0 Å². The van der Waals surface area contributed by atoms with E-state index in [9.17, 15) is 4.79 Å². The molecule has 1 saturated heterocycles. The van der Waals surface area contributed by atoms with Crippen molar-refractivity contribution in [3.8, 4) is 0 Å². The summed E-state index contributed by atoms with van der Waals surface area (Å²) in [6.07, 6.45) is 3.66. The van der Waals surface area contributed by atoms with Crippen molar-refractivity contribution >= 4 is 28.5 Å². The maximum Gasteiger partial charge on any atom is 0.410 e. The Bertz CT molecular complexity index is 645. The van der Waals surface area contributed by atoms with Gasteiger partial charge in [-0.3, -0.25) is 4.99 Å². The van der Waals surface area contributed by atoms with Crippen molar-refractivity contribution in [2.75, 3.05) is 44.2 Å². The van der Waals surface area contributed by atoms with E-state index in [0.29, 0.717) is 19.0 Å². The average molecular weight is 395 g/mol. The van der Waals surface area contributed by atoms with Crippen LogP contribution in [0.1, 0.15) is 33.6 Å². The molecule has 2 fully saturated rings. The standard InChI is InChI=1S/C18H30N6O2S/c1-18(2,3)26-17(25)24(14-4-5-14)8-6-20-15(19)22-9-11-23(12-10-22)16-21-7-13-27-16/h7,13-14H,4-6,8-12H2,1-3H3,(H2,19,20). The van der Waals surface area contributed by atoms with Gasteiger partial charge in [0.15, 0.2) is 11.1 Å². The Kier molecular flexibility index (Phi) is 6.08. The van der Waals surface area contributed by atoms with Crippen LogP contribution < -0.4 is 10.6 Å². The van der Waals surface area contributed by atoms with Crippen LogP contribution in [-0.2, 0) is 4.74 Å². The smallest absolute Gasteiger partial charge is 0.410 e. The Morgan fingerprint density at radius 1 is 1.37 bits per heavy atom.